The molecule has 1 saturated heterocycles. The first-order valence-corrected chi connectivity index (χ1v) is 6.64. The molecule has 0 aliphatic carbocycles. The van der Waals surface area contributed by atoms with E-state index in [1.165, 1.54) is 0 Å². The summed E-state index contributed by atoms with van der Waals surface area (Å²) in [6, 6.07) is 0.313. The van der Waals surface area contributed by atoms with Crippen molar-refractivity contribution in [1.29, 1.82) is 0 Å². The molecule has 8 heteroatoms. The first-order chi connectivity index (χ1) is 8.38. The predicted octanol–water partition coefficient (Wildman–Crippen LogP) is 2.69. The van der Waals surface area contributed by atoms with Crippen LogP contribution in [0.5, 0.6) is 0 Å². The lowest BCUT2D eigenvalue weighted by atomic mass is 10.2. The molecule has 0 radical (unpaired) electrons. The molecule has 2 rings (SSSR count). The second-order valence-electron chi connectivity index (χ2n) is 4.56. The van der Waals surface area contributed by atoms with Gasteiger partial charge in [0.2, 0.25) is 0 Å². The third-order valence-electron chi connectivity index (χ3n) is 3.12. The number of aryl methyl sites for hydroxylation is 1. The van der Waals surface area contributed by atoms with Crippen molar-refractivity contribution in [3.63, 3.8) is 0 Å². The van der Waals surface area contributed by atoms with Crippen molar-refractivity contribution in [3.8, 4) is 0 Å². The van der Waals surface area contributed by atoms with Gasteiger partial charge in [0, 0.05) is 19.1 Å². The van der Waals surface area contributed by atoms with Crippen LogP contribution in [-0.2, 0) is 12.7 Å². The Hall–Kier alpha value is -0.370. The number of nitrogens with one attached hydrogen (secondary N) is 1. The highest BCUT2D eigenvalue weighted by molar-refractivity contribution is 7.11. The SMILES string of the molecule is Cc1nc(C(F)(F)F)c(CN(C)C2CCNC2)s1.Cl. The van der Waals surface area contributed by atoms with E-state index in [0.717, 1.165) is 30.8 Å². The first-order valence-electron chi connectivity index (χ1n) is 5.82. The van der Waals surface area contributed by atoms with Crippen LogP contribution in [0.25, 0.3) is 0 Å². The van der Waals surface area contributed by atoms with Crippen molar-refractivity contribution in [2.75, 3.05) is 20.1 Å². The Bertz CT molecular complexity index is 416. The largest absolute Gasteiger partial charge is 0.434 e. The third-order valence-corrected chi connectivity index (χ3v) is 4.08. The van der Waals surface area contributed by atoms with Gasteiger partial charge in [-0.1, -0.05) is 0 Å². The molecule has 1 unspecified atom stereocenters. The summed E-state index contributed by atoms with van der Waals surface area (Å²) in [7, 11) is 1.87. The van der Waals surface area contributed by atoms with Crippen LogP contribution < -0.4 is 5.32 Å². The number of hydrogen-bond donors (Lipinski definition) is 1. The van der Waals surface area contributed by atoms with Crippen LogP contribution in [0, 0.1) is 6.92 Å². The van der Waals surface area contributed by atoms with Crippen LogP contribution >= 0.6 is 23.7 Å². The highest BCUT2D eigenvalue weighted by Crippen LogP contribution is 2.35. The van der Waals surface area contributed by atoms with E-state index in [4.69, 9.17) is 0 Å². The molecular formula is C11H17ClF3N3S. The number of rotatable bonds is 3. The van der Waals surface area contributed by atoms with Gasteiger partial charge in [0.05, 0.1) is 9.88 Å². The molecule has 1 fully saturated rings. The monoisotopic (exact) mass is 315 g/mol. The number of thiazole rings is 1. The molecule has 0 bridgehead atoms. The number of alkyl halides is 3. The second kappa shape index (κ2) is 6.39. The zero-order chi connectivity index (χ0) is 13.3. The maximum Gasteiger partial charge on any atom is 0.434 e. The molecule has 0 spiro atoms. The summed E-state index contributed by atoms with van der Waals surface area (Å²) in [5.74, 6) is 0. The quantitative estimate of drug-likeness (QED) is 0.929. The molecule has 1 aliphatic heterocycles. The fourth-order valence-electron chi connectivity index (χ4n) is 2.17. The van der Waals surface area contributed by atoms with E-state index in [-0.39, 0.29) is 12.4 Å². The van der Waals surface area contributed by atoms with Gasteiger partial charge in [0.15, 0.2) is 5.69 Å². The molecule has 1 aromatic rings. The summed E-state index contributed by atoms with van der Waals surface area (Å²) in [6.45, 7) is 3.70. The minimum absolute atomic E-state index is 0. The van der Waals surface area contributed by atoms with E-state index in [0.29, 0.717) is 22.5 Å². The fraction of sp³-hybridized carbons (Fsp3) is 0.727. The summed E-state index contributed by atoms with van der Waals surface area (Å²) in [4.78, 5) is 5.90. The van der Waals surface area contributed by atoms with Gasteiger partial charge in [0.25, 0.3) is 0 Å². The zero-order valence-corrected chi connectivity index (χ0v) is 12.4. The van der Waals surface area contributed by atoms with E-state index in [1.807, 2.05) is 11.9 Å². The Labute approximate surface area is 120 Å². The molecule has 19 heavy (non-hydrogen) atoms. The summed E-state index contributed by atoms with van der Waals surface area (Å²) < 4.78 is 38.4. The van der Waals surface area contributed by atoms with Crippen molar-refractivity contribution >= 4 is 23.7 Å². The minimum atomic E-state index is -4.35. The van der Waals surface area contributed by atoms with E-state index in [2.05, 4.69) is 10.3 Å². The molecule has 1 aliphatic rings. The smallest absolute Gasteiger partial charge is 0.315 e. The third kappa shape index (κ3) is 4.05. The lowest BCUT2D eigenvalue weighted by molar-refractivity contribution is -0.141. The van der Waals surface area contributed by atoms with Crippen molar-refractivity contribution in [2.45, 2.75) is 32.1 Å². The Morgan fingerprint density at radius 3 is 2.68 bits per heavy atom. The summed E-state index contributed by atoms with van der Waals surface area (Å²) in [5, 5.41) is 3.68. The molecular weight excluding hydrogens is 299 g/mol. The normalized spacial score (nSPS) is 19.8. The Morgan fingerprint density at radius 2 is 2.16 bits per heavy atom. The van der Waals surface area contributed by atoms with Gasteiger partial charge in [-0.15, -0.1) is 23.7 Å². The van der Waals surface area contributed by atoms with Gasteiger partial charge in [-0.05, 0) is 26.9 Å². The molecule has 1 aromatic heterocycles. The van der Waals surface area contributed by atoms with Crippen LogP contribution in [0.3, 0.4) is 0 Å². The van der Waals surface area contributed by atoms with Gasteiger partial charge in [-0.2, -0.15) is 13.2 Å². The number of halogens is 4. The van der Waals surface area contributed by atoms with Crippen molar-refractivity contribution in [2.24, 2.45) is 0 Å². The maximum atomic E-state index is 12.8. The van der Waals surface area contributed by atoms with Crippen LogP contribution in [0.4, 0.5) is 13.2 Å². The van der Waals surface area contributed by atoms with Crippen LogP contribution in [0.15, 0.2) is 0 Å². The lowest BCUT2D eigenvalue weighted by Gasteiger charge is -2.23. The Kier molecular flexibility index (Phi) is 5.61. The molecule has 1 atom stereocenters. The van der Waals surface area contributed by atoms with Gasteiger partial charge in [-0.25, -0.2) is 4.98 Å². The van der Waals surface area contributed by atoms with Gasteiger partial charge < -0.3 is 5.32 Å². The van der Waals surface area contributed by atoms with Crippen molar-refractivity contribution in [1.82, 2.24) is 15.2 Å². The molecule has 110 valence electrons. The summed E-state index contributed by atoms with van der Waals surface area (Å²) >= 11 is 1.14. The van der Waals surface area contributed by atoms with E-state index >= 15 is 0 Å². The van der Waals surface area contributed by atoms with Crippen molar-refractivity contribution < 1.29 is 13.2 Å². The van der Waals surface area contributed by atoms with E-state index in [1.54, 1.807) is 6.92 Å². The average molecular weight is 316 g/mol. The Morgan fingerprint density at radius 1 is 1.47 bits per heavy atom. The lowest BCUT2D eigenvalue weighted by Crippen LogP contribution is -2.33. The molecule has 2 heterocycles. The minimum Gasteiger partial charge on any atom is -0.315 e. The van der Waals surface area contributed by atoms with Crippen LogP contribution in [-0.4, -0.2) is 36.1 Å². The number of hydrogen-bond acceptors (Lipinski definition) is 4. The van der Waals surface area contributed by atoms with E-state index < -0.39 is 11.9 Å². The number of aromatic nitrogens is 1. The van der Waals surface area contributed by atoms with E-state index in [9.17, 15) is 13.2 Å². The van der Waals surface area contributed by atoms with Gasteiger partial charge >= 0.3 is 6.18 Å². The second-order valence-corrected chi connectivity index (χ2v) is 5.85. The predicted molar refractivity (Wildman–Crippen MR) is 71.8 cm³/mol. The first kappa shape index (κ1) is 16.7. The molecule has 0 amide bonds. The fourth-order valence-corrected chi connectivity index (χ4v) is 3.19. The highest BCUT2D eigenvalue weighted by atomic mass is 35.5. The number of likely N-dealkylation sites (N-methyl/N-ethyl adjacent to an activating group) is 1. The van der Waals surface area contributed by atoms with Crippen LogP contribution in [0.2, 0.25) is 0 Å². The molecule has 1 N–H and O–H groups in total. The van der Waals surface area contributed by atoms with Gasteiger partial charge in [-0.3, -0.25) is 4.90 Å². The maximum absolute atomic E-state index is 12.8. The standard InChI is InChI=1S/C11H16F3N3S.ClH/c1-7-16-10(11(12,13)14)9(18-7)6-17(2)8-3-4-15-5-8;/h8,15H,3-6H2,1-2H3;1H. The Balaban J connectivity index is 0.00000180. The van der Waals surface area contributed by atoms with Crippen molar-refractivity contribution in [3.05, 3.63) is 15.6 Å². The summed E-state index contributed by atoms with van der Waals surface area (Å²) in [5.41, 5.74) is -0.720. The van der Waals surface area contributed by atoms with Gasteiger partial charge in [0.1, 0.15) is 0 Å². The zero-order valence-electron chi connectivity index (χ0n) is 10.8. The molecule has 3 nitrogen and oxygen atoms in total. The molecule has 0 aromatic carbocycles. The highest BCUT2D eigenvalue weighted by Gasteiger charge is 2.37. The van der Waals surface area contributed by atoms with Crippen LogP contribution in [0.1, 0.15) is 22.0 Å². The average Bonchev–Trinajstić information content (AvgIpc) is 2.85. The number of nitrogens with zero attached hydrogens (tertiary/aromatic N) is 2. The molecule has 0 saturated carbocycles. The topological polar surface area (TPSA) is 28.2 Å². The summed E-state index contributed by atoms with van der Waals surface area (Å²) in [6.07, 6.45) is -3.37.